The number of methoxy groups -OCH3 is 1. The van der Waals surface area contributed by atoms with E-state index in [-0.39, 0.29) is 5.97 Å². The molecule has 7 nitrogen and oxygen atoms in total. The highest BCUT2D eigenvalue weighted by Gasteiger charge is 2.27. The van der Waals surface area contributed by atoms with Crippen LogP contribution in [0.4, 0.5) is 11.8 Å². The Bertz CT molecular complexity index is 812. The van der Waals surface area contributed by atoms with Crippen LogP contribution in [0.3, 0.4) is 0 Å². The van der Waals surface area contributed by atoms with E-state index < -0.39 is 0 Å². The number of likely N-dealkylation sites (tertiary alicyclic amines) is 1. The molecule has 1 aromatic heterocycles. The van der Waals surface area contributed by atoms with Gasteiger partial charge in [0.05, 0.1) is 18.7 Å². The van der Waals surface area contributed by atoms with Crippen LogP contribution in [0.5, 0.6) is 0 Å². The summed E-state index contributed by atoms with van der Waals surface area (Å²) in [5.74, 6) is 1.46. The lowest BCUT2D eigenvalue weighted by Gasteiger charge is -2.39. The molecule has 3 heterocycles. The minimum Gasteiger partial charge on any atom is -0.465 e. The first kappa shape index (κ1) is 19.6. The fourth-order valence-corrected chi connectivity index (χ4v) is 3.99. The number of nitrogens with zero attached hydrogens (tertiary/aromatic N) is 4. The molecule has 2 fully saturated rings. The van der Waals surface area contributed by atoms with E-state index in [4.69, 9.17) is 9.72 Å². The van der Waals surface area contributed by atoms with E-state index in [0.29, 0.717) is 11.6 Å². The SMILES string of the molecule is COC(=O)c1ccc(CN2CC(Nc3nccc(N4CCCCCC4)n3)C2)cc1. The molecule has 0 radical (unpaired) electrons. The van der Waals surface area contributed by atoms with Crippen molar-refractivity contribution in [1.82, 2.24) is 14.9 Å². The third-order valence-electron chi connectivity index (χ3n) is 5.64. The number of anilines is 2. The summed E-state index contributed by atoms with van der Waals surface area (Å²) in [6.45, 7) is 4.95. The molecule has 29 heavy (non-hydrogen) atoms. The van der Waals surface area contributed by atoms with Crippen molar-refractivity contribution in [3.8, 4) is 0 Å². The molecule has 154 valence electrons. The average molecular weight is 396 g/mol. The van der Waals surface area contributed by atoms with Crippen molar-refractivity contribution in [3.05, 3.63) is 47.7 Å². The van der Waals surface area contributed by atoms with Crippen molar-refractivity contribution in [2.45, 2.75) is 38.3 Å². The standard InChI is InChI=1S/C22H29N5O2/c1-29-21(28)18-8-6-17(7-9-18)14-26-15-19(16-26)24-22-23-11-10-20(25-22)27-12-4-2-3-5-13-27/h6-11,19H,2-5,12-16H2,1H3,(H,23,24,25). The Morgan fingerprint density at radius 1 is 1.10 bits per heavy atom. The molecule has 0 saturated carbocycles. The molecule has 2 saturated heterocycles. The number of carbonyl (C=O) groups is 1. The highest BCUT2D eigenvalue weighted by atomic mass is 16.5. The summed E-state index contributed by atoms with van der Waals surface area (Å²) in [6.07, 6.45) is 6.97. The van der Waals surface area contributed by atoms with Gasteiger partial charge >= 0.3 is 5.97 Å². The molecule has 0 unspecified atom stereocenters. The first-order valence-corrected chi connectivity index (χ1v) is 10.5. The van der Waals surface area contributed by atoms with Gasteiger partial charge in [-0.3, -0.25) is 4.90 Å². The van der Waals surface area contributed by atoms with Gasteiger partial charge in [-0.15, -0.1) is 0 Å². The summed E-state index contributed by atoms with van der Waals surface area (Å²) >= 11 is 0. The number of aromatic nitrogens is 2. The van der Waals surface area contributed by atoms with E-state index in [9.17, 15) is 4.79 Å². The van der Waals surface area contributed by atoms with Crippen molar-refractivity contribution in [2.24, 2.45) is 0 Å². The highest BCUT2D eigenvalue weighted by Crippen LogP contribution is 2.20. The molecule has 4 rings (SSSR count). The van der Waals surface area contributed by atoms with Crippen LogP contribution in [-0.4, -0.2) is 60.2 Å². The number of rotatable bonds is 6. The lowest BCUT2D eigenvalue weighted by molar-refractivity contribution is 0.0600. The zero-order valence-electron chi connectivity index (χ0n) is 17.0. The van der Waals surface area contributed by atoms with Gasteiger partial charge in [0.25, 0.3) is 0 Å². The summed E-state index contributed by atoms with van der Waals surface area (Å²) < 4.78 is 4.74. The first-order valence-electron chi connectivity index (χ1n) is 10.5. The first-order chi connectivity index (χ1) is 14.2. The number of ether oxygens (including phenoxy) is 1. The van der Waals surface area contributed by atoms with Gasteiger partial charge in [-0.05, 0) is 36.6 Å². The molecule has 0 atom stereocenters. The van der Waals surface area contributed by atoms with Crippen molar-refractivity contribution >= 4 is 17.7 Å². The maximum atomic E-state index is 11.5. The molecule has 0 amide bonds. The Labute approximate surface area is 172 Å². The van der Waals surface area contributed by atoms with Crippen LogP contribution in [-0.2, 0) is 11.3 Å². The molecule has 0 aliphatic carbocycles. The largest absolute Gasteiger partial charge is 0.465 e. The van der Waals surface area contributed by atoms with Gasteiger partial charge in [-0.2, -0.15) is 4.98 Å². The van der Waals surface area contributed by atoms with Crippen LogP contribution in [0.1, 0.15) is 41.6 Å². The Balaban J connectivity index is 1.26. The smallest absolute Gasteiger partial charge is 0.337 e. The van der Waals surface area contributed by atoms with Crippen LogP contribution in [0.15, 0.2) is 36.5 Å². The second-order valence-electron chi connectivity index (χ2n) is 7.86. The summed E-state index contributed by atoms with van der Waals surface area (Å²) in [4.78, 5) is 25.4. The second-order valence-corrected chi connectivity index (χ2v) is 7.86. The second kappa shape index (κ2) is 9.22. The molecule has 0 spiro atoms. The summed E-state index contributed by atoms with van der Waals surface area (Å²) in [6, 6.07) is 9.99. The average Bonchev–Trinajstić information content (AvgIpc) is 3.02. The van der Waals surface area contributed by atoms with E-state index in [1.54, 1.807) is 0 Å². The monoisotopic (exact) mass is 395 g/mol. The third kappa shape index (κ3) is 5.03. The van der Waals surface area contributed by atoms with Gasteiger partial charge in [0, 0.05) is 38.9 Å². The van der Waals surface area contributed by atoms with E-state index in [1.807, 2.05) is 36.5 Å². The van der Waals surface area contributed by atoms with E-state index >= 15 is 0 Å². The number of esters is 1. The summed E-state index contributed by atoms with van der Waals surface area (Å²) in [7, 11) is 1.40. The normalized spacial score (nSPS) is 18.0. The predicted molar refractivity (Wildman–Crippen MR) is 113 cm³/mol. The van der Waals surface area contributed by atoms with Crippen molar-refractivity contribution in [1.29, 1.82) is 0 Å². The molecule has 1 aromatic carbocycles. The predicted octanol–water partition coefficient (Wildman–Crippen LogP) is 2.94. The Morgan fingerprint density at radius 3 is 2.52 bits per heavy atom. The molecular formula is C22H29N5O2. The van der Waals surface area contributed by atoms with Gasteiger partial charge in [0.2, 0.25) is 5.95 Å². The van der Waals surface area contributed by atoms with Crippen LogP contribution < -0.4 is 10.2 Å². The minimum absolute atomic E-state index is 0.299. The molecule has 7 heteroatoms. The van der Waals surface area contributed by atoms with Crippen LogP contribution in [0.25, 0.3) is 0 Å². The molecular weight excluding hydrogens is 366 g/mol. The maximum absolute atomic E-state index is 11.5. The summed E-state index contributed by atoms with van der Waals surface area (Å²) in [5.41, 5.74) is 1.77. The van der Waals surface area contributed by atoms with Crippen molar-refractivity contribution in [2.75, 3.05) is 43.5 Å². The lowest BCUT2D eigenvalue weighted by atomic mass is 10.1. The number of carbonyl (C=O) groups excluding carboxylic acids is 1. The molecule has 2 aromatic rings. The molecule has 1 N–H and O–H groups in total. The van der Waals surface area contributed by atoms with Crippen molar-refractivity contribution in [3.63, 3.8) is 0 Å². The van der Waals surface area contributed by atoms with Crippen LogP contribution in [0.2, 0.25) is 0 Å². The fraction of sp³-hybridized carbons (Fsp3) is 0.500. The van der Waals surface area contributed by atoms with Gasteiger partial charge < -0.3 is 15.0 Å². The van der Waals surface area contributed by atoms with E-state index in [1.165, 1.54) is 38.4 Å². The number of hydrogen-bond acceptors (Lipinski definition) is 7. The van der Waals surface area contributed by atoms with Gasteiger partial charge in [-0.1, -0.05) is 25.0 Å². The minimum atomic E-state index is -0.299. The fourth-order valence-electron chi connectivity index (χ4n) is 3.99. The summed E-state index contributed by atoms with van der Waals surface area (Å²) in [5, 5.41) is 3.47. The van der Waals surface area contributed by atoms with Crippen LogP contribution in [0, 0.1) is 0 Å². The maximum Gasteiger partial charge on any atom is 0.337 e. The number of benzene rings is 1. The Hall–Kier alpha value is -2.67. The van der Waals surface area contributed by atoms with Crippen molar-refractivity contribution < 1.29 is 9.53 Å². The highest BCUT2D eigenvalue weighted by molar-refractivity contribution is 5.89. The quantitative estimate of drug-likeness (QED) is 0.754. The molecule has 2 aliphatic heterocycles. The van der Waals surface area contributed by atoms with E-state index in [2.05, 4.69) is 20.1 Å². The third-order valence-corrected chi connectivity index (χ3v) is 5.64. The van der Waals surface area contributed by atoms with Gasteiger partial charge in [-0.25, -0.2) is 9.78 Å². The number of hydrogen-bond donors (Lipinski definition) is 1. The number of nitrogens with one attached hydrogen (secondary N) is 1. The topological polar surface area (TPSA) is 70.6 Å². The zero-order chi connectivity index (χ0) is 20.1. The Kier molecular flexibility index (Phi) is 6.24. The van der Waals surface area contributed by atoms with Gasteiger partial charge in [0.1, 0.15) is 5.82 Å². The molecule has 2 aliphatic rings. The zero-order valence-corrected chi connectivity index (χ0v) is 17.0. The van der Waals surface area contributed by atoms with Crippen LogP contribution >= 0.6 is 0 Å². The Morgan fingerprint density at radius 2 is 1.83 bits per heavy atom. The lowest BCUT2D eigenvalue weighted by Crippen LogP contribution is -2.54. The molecule has 0 bridgehead atoms. The van der Waals surface area contributed by atoms with Gasteiger partial charge in [0.15, 0.2) is 0 Å². The van der Waals surface area contributed by atoms with E-state index in [0.717, 1.165) is 44.5 Å².